The van der Waals surface area contributed by atoms with Crippen LogP contribution in [-0.2, 0) is 4.79 Å². The Morgan fingerprint density at radius 2 is 2.18 bits per heavy atom. The fraction of sp³-hybridized carbons (Fsp3) is 0.667. The number of aliphatic hydroxyl groups is 1. The molecular formula is C9H14O2. The van der Waals surface area contributed by atoms with E-state index < -0.39 is 0 Å². The molecule has 11 heavy (non-hydrogen) atoms. The number of Topliss-reactive ketones (excluding diaryl/α,β-unsaturated/α-hetero) is 1. The van der Waals surface area contributed by atoms with Crippen LogP contribution in [0.1, 0.15) is 33.1 Å². The third-order valence-corrected chi connectivity index (χ3v) is 2.37. The Labute approximate surface area is 66.9 Å². The highest BCUT2D eigenvalue weighted by atomic mass is 16.3. The first-order valence-electron chi connectivity index (χ1n) is 4.15. The summed E-state index contributed by atoms with van der Waals surface area (Å²) in [5.74, 6) is 0.278. The summed E-state index contributed by atoms with van der Waals surface area (Å²) >= 11 is 0. The van der Waals surface area contributed by atoms with Gasteiger partial charge in [0.2, 0.25) is 0 Å². The fourth-order valence-electron chi connectivity index (χ4n) is 1.66. The minimum Gasteiger partial charge on any atom is -0.504 e. The molecule has 0 saturated carbocycles. The van der Waals surface area contributed by atoms with E-state index in [0.717, 1.165) is 18.4 Å². The van der Waals surface area contributed by atoms with Crippen LogP contribution in [0.3, 0.4) is 0 Å². The summed E-state index contributed by atoms with van der Waals surface area (Å²) in [5.41, 5.74) is 0.956. The van der Waals surface area contributed by atoms with Gasteiger partial charge in [0.25, 0.3) is 0 Å². The normalized spacial score (nSPS) is 24.9. The topological polar surface area (TPSA) is 37.3 Å². The fourth-order valence-corrected chi connectivity index (χ4v) is 1.66. The monoisotopic (exact) mass is 154 g/mol. The van der Waals surface area contributed by atoms with Crippen LogP contribution in [0.25, 0.3) is 0 Å². The van der Waals surface area contributed by atoms with E-state index in [1.54, 1.807) is 0 Å². The first-order valence-corrected chi connectivity index (χ1v) is 4.15. The Balaban J connectivity index is 2.86. The number of allylic oxidation sites excluding steroid dienone is 2. The Morgan fingerprint density at radius 1 is 1.55 bits per heavy atom. The molecule has 0 saturated heterocycles. The van der Waals surface area contributed by atoms with Crippen LogP contribution in [0.4, 0.5) is 0 Å². The van der Waals surface area contributed by atoms with E-state index in [4.69, 9.17) is 0 Å². The molecule has 1 aliphatic carbocycles. The molecule has 0 aromatic heterocycles. The van der Waals surface area contributed by atoms with Gasteiger partial charge in [-0.1, -0.05) is 13.8 Å². The number of hydrogen-bond acceptors (Lipinski definition) is 2. The van der Waals surface area contributed by atoms with E-state index in [2.05, 4.69) is 0 Å². The number of aliphatic hydroxyl groups excluding tert-OH is 1. The summed E-state index contributed by atoms with van der Waals surface area (Å²) in [7, 11) is 0. The van der Waals surface area contributed by atoms with Crippen LogP contribution < -0.4 is 0 Å². The third-order valence-electron chi connectivity index (χ3n) is 2.37. The number of ketones is 1. The van der Waals surface area contributed by atoms with E-state index in [-0.39, 0.29) is 11.5 Å². The van der Waals surface area contributed by atoms with Crippen LogP contribution in [0.2, 0.25) is 0 Å². The lowest BCUT2D eigenvalue weighted by molar-refractivity contribution is -0.117. The van der Waals surface area contributed by atoms with Crippen molar-refractivity contribution in [2.24, 2.45) is 5.92 Å². The quantitative estimate of drug-likeness (QED) is 0.662. The molecule has 2 nitrogen and oxygen atoms in total. The largest absolute Gasteiger partial charge is 0.504 e. The standard InChI is InChI=1S/C9H14O2/c1-3-6-5-8(10)9(11)7(6)4-2/h6,11H,3-5H2,1-2H3. The highest BCUT2D eigenvalue weighted by Gasteiger charge is 2.29. The van der Waals surface area contributed by atoms with Gasteiger partial charge >= 0.3 is 0 Å². The maximum atomic E-state index is 11.0. The second kappa shape index (κ2) is 3.07. The van der Waals surface area contributed by atoms with Crippen molar-refractivity contribution >= 4 is 5.78 Å². The van der Waals surface area contributed by atoms with Gasteiger partial charge in [-0.15, -0.1) is 0 Å². The molecule has 1 N–H and O–H groups in total. The first-order chi connectivity index (χ1) is 5.20. The zero-order valence-electron chi connectivity index (χ0n) is 7.05. The van der Waals surface area contributed by atoms with Crippen LogP contribution in [0.5, 0.6) is 0 Å². The Kier molecular flexibility index (Phi) is 2.32. The molecular weight excluding hydrogens is 140 g/mol. The summed E-state index contributed by atoms with van der Waals surface area (Å²) < 4.78 is 0. The van der Waals surface area contributed by atoms with Crippen LogP contribution in [0, 0.1) is 5.92 Å². The van der Waals surface area contributed by atoms with Gasteiger partial charge in [0, 0.05) is 6.42 Å². The van der Waals surface area contributed by atoms with Gasteiger partial charge in [-0.25, -0.2) is 0 Å². The molecule has 1 rings (SSSR count). The first kappa shape index (κ1) is 8.31. The molecule has 62 valence electrons. The molecule has 1 unspecified atom stereocenters. The zero-order valence-corrected chi connectivity index (χ0v) is 7.05. The Hall–Kier alpha value is -0.790. The smallest absolute Gasteiger partial charge is 0.197 e. The molecule has 0 aliphatic heterocycles. The average molecular weight is 154 g/mol. The van der Waals surface area contributed by atoms with Crippen molar-refractivity contribution in [2.45, 2.75) is 33.1 Å². The number of carbonyl (C=O) groups excluding carboxylic acids is 1. The van der Waals surface area contributed by atoms with Gasteiger partial charge < -0.3 is 5.11 Å². The van der Waals surface area contributed by atoms with Crippen molar-refractivity contribution < 1.29 is 9.90 Å². The van der Waals surface area contributed by atoms with Gasteiger partial charge in [0.1, 0.15) is 0 Å². The summed E-state index contributed by atoms with van der Waals surface area (Å²) in [5, 5.41) is 9.29. The van der Waals surface area contributed by atoms with E-state index in [1.807, 2.05) is 13.8 Å². The lowest BCUT2D eigenvalue weighted by Gasteiger charge is -2.07. The second-order valence-corrected chi connectivity index (χ2v) is 2.96. The van der Waals surface area contributed by atoms with Crippen molar-refractivity contribution in [2.75, 3.05) is 0 Å². The molecule has 2 heteroatoms. The SMILES string of the molecule is CCC1=C(O)C(=O)CC1CC. The third kappa shape index (κ3) is 1.30. The molecule has 1 aliphatic rings. The summed E-state index contributed by atoms with van der Waals surface area (Å²) in [6.07, 6.45) is 2.28. The highest BCUT2D eigenvalue weighted by molar-refractivity contribution is 5.96. The van der Waals surface area contributed by atoms with Crippen LogP contribution in [0.15, 0.2) is 11.3 Å². The molecule has 0 fully saturated rings. The lowest BCUT2D eigenvalue weighted by atomic mass is 9.97. The predicted octanol–water partition coefficient (Wildman–Crippen LogP) is 2.21. The predicted molar refractivity (Wildman–Crippen MR) is 43.4 cm³/mol. The van der Waals surface area contributed by atoms with E-state index >= 15 is 0 Å². The van der Waals surface area contributed by atoms with Gasteiger partial charge in [-0.3, -0.25) is 4.79 Å². The van der Waals surface area contributed by atoms with Crippen molar-refractivity contribution in [1.82, 2.24) is 0 Å². The van der Waals surface area contributed by atoms with Gasteiger partial charge in [-0.2, -0.15) is 0 Å². The summed E-state index contributed by atoms with van der Waals surface area (Å²) in [6, 6.07) is 0. The van der Waals surface area contributed by atoms with Gasteiger partial charge in [0.05, 0.1) is 0 Å². The maximum absolute atomic E-state index is 11.0. The molecule has 1 atom stereocenters. The molecule has 0 heterocycles. The van der Waals surface area contributed by atoms with Crippen LogP contribution >= 0.6 is 0 Å². The lowest BCUT2D eigenvalue weighted by Crippen LogP contribution is -1.97. The zero-order chi connectivity index (χ0) is 8.43. The Morgan fingerprint density at radius 3 is 2.55 bits per heavy atom. The van der Waals surface area contributed by atoms with Gasteiger partial charge in [-0.05, 0) is 24.3 Å². The number of rotatable bonds is 2. The second-order valence-electron chi connectivity index (χ2n) is 2.96. The number of carbonyl (C=O) groups is 1. The maximum Gasteiger partial charge on any atom is 0.197 e. The van der Waals surface area contributed by atoms with E-state index in [9.17, 15) is 9.90 Å². The molecule has 0 spiro atoms. The van der Waals surface area contributed by atoms with Crippen molar-refractivity contribution in [1.29, 1.82) is 0 Å². The minimum atomic E-state index is -0.0753. The van der Waals surface area contributed by atoms with Crippen LogP contribution in [-0.4, -0.2) is 10.9 Å². The molecule has 0 aromatic rings. The van der Waals surface area contributed by atoms with Crippen molar-refractivity contribution in [3.63, 3.8) is 0 Å². The average Bonchev–Trinajstić information content (AvgIpc) is 2.28. The molecule has 0 amide bonds. The summed E-state index contributed by atoms with van der Waals surface area (Å²) in [4.78, 5) is 11.0. The molecule has 0 aromatic carbocycles. The minimum absolute atomic E-state index is 0.0411. The Bertz CT molecular complexity index is 204. The highest BCUT2D eigenvalue weighted by Crippen LogP contribution is 2.32. The summed E-state index contributed by atoms with van der Waals surface area (Å²) in [6.45, 7) is 4.03. The van der Waals surface area contributed by atoms with Crippen molar-refractivity contribution in [3.8, 4) is 0 Å². The molecule has 0 bridgehead atoms. The van der Waals surface area contributed by atoms with Crippen molar-refractivity contribution in [3.05, 3.63) is 11.3 Å². The van der Waals surface area contributed by atoms with Gasteiger partial charge in [0.15, 0.2) is 11.5 Å². The number of hydrogen-bond donors (Lipinski definition) is 1. The molecule has 0 radical (unpaired) electrons. The van der Waals surface area contributed by atoms with E-state index in [1.165, 1.54) is 0 Å². The van der Waals surface area contributed by atoms with E-state index in [0.29, 0.717) is 12.3 Å².